The van der Waals surface area contributed by atoms with Gasteiger partial charge in [0.1, 0.15) is 11.4 Å². The van der Waals surface area contributed by atoms with Crippen LogP contribution in [-0.2, 0) is 0 Å². The van der Waals surface area contributed by atoms with Gasteiger partial charge in [0.05, 0.1) is 24.5 Å². The van der Waals surface area contributed by atoms with Crippen LogP contribution in [0, 0.1) is 0 Å². The van der Waals surface area contributed by atoms with Crippen molar-refractivity contribution in [2.24, 2.45) is 0 Å². The van der Waals surface area contributed by atoms with Gasteiger partial charge < -0.3 is 15.4 Å². The number of aromatic nitrogens is 2. The molecule has 1 aliphatic rings. The Bertz CT molecular complexity index is 920. The Kier molecular flexibility index (Phi) is 3.93. The highest BCUT2D eigenvalue weighted by molar-refractivity contribution is 5.98. The van der Waals surface area contributed by atoms with E-state index >= 15 is 0 Å². The summed E-state index contributed by atoms with van der Waals surface area (Å²) < 4.78 is 5.17. The lowest BCUT2D eigenvalue weighted by atomic mass is 10.2. The molecule has 1 fully saturated rings. The molecule has 2 aromatic heterocycles. The number of rotatable bonds is 5. The van der Waals surface area contributed by atoms with E-state index in [1.54, 1.807) is 25.6 Å². The molecule has 3 aromatic rings. The molecule has 1 aromatic carbocycles. The van der Waals surface area contributed by atoms with Crippen LogP contribution in [0.5, 0.6) is 5.75 Å². The molecular weight excluding hydrogens is 316 g/mol. The van der Waals surface area contributed by atoms with Gasteiger partial charge in [-0.25, -0.2) is 4.98 Å². The van der Waals surface area contributed by atoms with Gasteiger partial charge in [0, 0.05) is 23.3 Å². The van der Waals surface area contributed by atoms with E-state index in [1.807, 2.05) is 30.3 Å². The molecule has 2 N–H and O–H groups in total. The molecular formula is C19H18N4O2. The van der Waals surface area contributed by atoms with Crippen molar-refractivity contribution in [2.75, 3.05) is 12.4 Å². The Labute approximate surface area is 145 Å². The van der Waals surface area contributed by atoms with Crippen LogP contribution in [0.2, 0.25) is 0 Å². The molecule has 4 rings (SSSR count). The van der Waals surface area contributed by atoms with E-state index < -0.39 is 0 Å². The minimum absolute atomic E-state index is 0.128. The second-order valence-electron chi connectivity index (χ2n) is 6.06. The van der Waals surface area contributed by atoms with Crippen LogP contribution in [0.4, 0.5) is 11.4 Å². The topological polar surface area (TPSA) is 76.1 Å². The van der Waals surface area contributed by atoms with E-state index in [4.69, 9.17) is 4.74 Å². The zero-order chi connectivity index (χ0) is 17.2. The Morgan fingerprint density at radius 3 is 2.64 bits per heavy atom. The number of anilines is 2. The summed E-state index contributed by atoms with van der Waals surface area (Å²) in [6.45, 7) is 0. The largest absolute Gasteiger partial charge is 0.497 e. The molecule has 2 heterocycles. The first-order chi connectivity index (χ1) is 12.2. The Morgan fingerprint density at radius 2 is 1.92 bits per heavy atom. The monoisotopic (exact) mass is 334 g/mol. The summed E-state index contributed by atoms with van der Waals surface area (Å²) >= 11 is 0. The van der Waals surface area contributed by atoms with Gasteiger partial charge in [-0.05, 0) is 49.2 Å². The third kappa shape index (κ3) is 3.38. The molecule has 6 nitrogen and oxygen atoms in total. The number of fused-ring (bicyclic) bond motifs is 1. The van der Waals surface area contributed by atoms with E-state index in [0.717, 1.165) is 35.4 Å². The molecule has 126 valence electrons. The first kappa shape index (κ1) is 15.4. The predicted molar refractivity (Wildman–Crippen MR) is 96.3 cm³/mol. The van der Waals surface area contributed by atoms with Gasteiger partial charge in [0.2, 0.25) is 0 Å². The Hall–Kier alpha value is -3.15. The molecule has 0 aliphatic heterocycles. The van der Waals surface area contributed by atoms with Gasteiger partial charge in [-0.3, -0.25) is 9.78 Å². The SMILES string of the molecule is COc1ccc(Nc2cncc3ccc(C(=O)NC4CC4)nc23)cc1. The van der Waals surface area contributed by atoms with E-state index in [2.05, 4.69) is 20.6 Å². The molecule has 1 aliphatic carbocycles. The molecule has 6 heteroatoms. The van der Waals surface area contributed by atoms with Crippen LogP contribution in [0.15, 0.2) is 48.8 Å². The quantitative estimate of drug-likeness (QED) is 0.749. The molecule has 1 amide bonds. The highest BCUT2D eigenvalue weighted by Crippen LogP contribution is 2.26. The Morgan fingerprint density at radius 1 is 1.12 bits per heavy atom. The summed E-state index contributed by atoms with van der Waals surface area (Å²) in [7, 11) is 1.63. The average molecular weight is 334 g/mol. The van der Waals surface area contributed by atoms with Gasteiger partial charge in [-0.15, -0.1) is 0 Å². The smallest absolute Gasteiger partial charge is 0.270 e. The summed E-state index contributed by atoms with van der Waals surface area (Å²) in [4.78, 5) is 21.0. The number of amides is 1. The fourth-order valence-electron chi connectivity index (χ4n) is 2.58. The highest BCUT2D eigenvalue weighted by atomic mass is 16.5. The number of hydrogen-bond donors (Lipinski definition) is 2. The summed E-state index contributed by atoms with van der Waals surface area (Å²) in [5, 5.41) is 7.15. The molecule has 0 bridgehead atoms. The van der Waals surface area contributed by atoms with Crippen molar-refractivity contribution in [3.05, 3.63) is 54.5 Å². The van der Waals surface area contributed by atoms with Crippen LogP contribution in [0.1, 0.15) is 23.3 Å². The molecule has 0 unspecified atom stereocenters. The van der Waals surface area contributed by atoms with Crippen LogP contribution in [0.25, 0.3) is 10.9 Å². The molecule has 0 saturated heterocycles. The van der Waals surface area contributed by atoms with Crippen molar-refractivity contribution in [3.8, 4) is 5.75 Å². The lowest BCUT2D eigenvalue weighted by Crippen LogP contribution is -2.26. The van der Waals surface area contributed by atoms with Crippen LogP contribution in [0.3, 0.4) is 0 Å². The van der Waals surface area contributed by atoms with Gasteiger partial charge in [-0.1, -0.05) is 0 Å². The first-order valence-electron chi connectivity index (χ1n) is 8.19. The number of hydrogen-bond acceptors (Lipinski definition) is 5. The van der Waals surface area contributed by atoms with Gasteiger partial charge in [-0.2, -0.15) is 0 Å². The number of benzene rings is 1. The lowest BCUT2D eigenvalue weighted by molar-refractivity contribution is 0.0946. The molecule has 25 heavy (non-hydrogen) atoms. The first-order valence-corrected chi connectivity index (χ1v) is 8.19. The zero-order valence-electron chi connectivity index (χ0n) is 13.8. The van der Waals surface area contributed by atoms with E-state index in [-0.39, 0.29) is 5.91 Å². The highest BCUT2D eigenvalue weighted by Gasteiger charge is 2.24. The molecule has 1 saturated carbocycles. The van der Waals surface area contributed by atoms with E-state index in [0.29, 0.717) is 17.3 Å². The number of carbonyl (C=O) groups is 1. The number of methoxy groups -OCH3 is 1. The van der Waals surface area contributed by atoms with E-state index in [1.165, 1.54) is 0 Å². The summed E-state index contributed by atoms with van der Waals surface area (Å²) in [5.74, 6) is 0.662. The maximum atomic E-state index is 12.3. The molecule has 0 atom stereocenters. The molecule has 0 radical (unpaired) electrons. The second-order valence-corrected chi connectivity index (χ2v) is 6.06. The van der Waals surface area contributed by atoms with Crippen LogP contribution >= 0.6 is 0 Å². The summed E-state index contributed by atoms with van der Waals surface area (Å²) in [6, 6.07) is 11.5. The van der Waals surface area contributed by atoms with Crippen LogP contribution in [-0.4, -0.2) is 29.0 Å². The maximum Gasteiger partial charge on any atom is 0.270 e. The number of pyridine rings is 2. The third-order valence-corrected chi connectivity index (χ3v) is 4.11. The Balaban J connectivity index is 1.65. The lowest BCUT2D eigenvalue weighted by Gasteiger charge is -2.10. The van der Waals surface area contributed by atoms with E-state index in [9.17, 15) is 4.79 Å². The normalized spacial score (nSPS) is 13.5. The number of nitrogens with one attached hydrogen (secondary N) is 2. The zero-order valence-corrected chi connectivity index (χ0v) is 13.8. The summed E-state index contributed by atoms with van der Waals surface area (Å²) in [6.07, 6.45) is 5.55. The summed E-state index contributed by atoms with van der Waals surface area (Å²) in [5.41, 5.74) is 2.78. The minimum atomic E-state index is -0.128. The van der Waals surface area contributed by atoms with Crippen molar-refractivity contribution in [1.29, 1.82) is 0 Å². The average Bonchev–Trinajstić information content (AvgIpc) is 3.46. The molecule has 0 spiro atoms. The van der Waals surface area contributed by atoms with Crippen molar-refractivity contribution >= 4 is 28.2 Å². The number of carbonyl (C=O) groups excluding carboxylic acids is 1. The van der Waals surface area contributed by atoms with Gasteiger partial charge >= 0.3 is 0 Å². The van der Waals surface area contributed by atoms with Crippen molar-refractivity contribution in [2.45, 2.75) is 18.9 Å². The van der Waals surface area contributed by atoms with Crippen molar-refractivity contribution in [1.82, 2.24) is 15.3 Å². The second kappa shape index (κ2) is 6.39. The third-order valence-electron chi connectivity index (χ3n) is 4.11. The predicted octanol–water partition coefficient (Wildman–Crippen LogP) is 3.27. The van der Waals surface area contributed by atoms with Gasteiger partial charge in [0.15, 0.2) is 0 Å². The number of nitrogens with zero attached hydrogens (tertiary/aromatic N) is 2. The van der Waals surface area contributed by atoms with Gasteiger partial charge in [0.25, 0.3) is 5.91 Å². The fourth-order valence-corrected chi connectivity index (χ4v) is 2.58. The standard InChI is InChI=1S/C19H18N4O2/c1-25-15-7-5-13(6-8-15)21-17-11-20-10-12-2-9-16(23-18(12)17)19(24)22-14-3-4-14/h2,5-11,14,21H,3-4H2,1H3,(H,22,24). The van der Waals surface area contributed by atoms with Crippen molar-refractivity contribution < 1.29 is 9.53 Å². The van der Waals surface area contributed by atoms with Crippen LogP contribution < -0.4 is 15.4 Å². The fraction of sp³-hybridized carbons (Fsp3) is 0.211. The minimum Gasteiger partial charge on any atom is -0.497 e. The number of ether oxygens (including phenoxy) is 1. The maximum absolute atomic E-state index is 12.3. The van der Waals surface area contributed by atoms with Crippen molar-refractivity contribution in [3.63, 3.8) is 0 Å².